The monoisotopic (exact) mass is 289 g/mol. The number of hydrogen-bond acceptors (Lipinski definition) is 2. The Labute approximate surface area is 119 Å². The van der Waals surface area contributed by atoms with E-state index >= 15 is 0 Å². The molecule has 0 heterocycles. The topological polar surface area (TPSA) is 32.3 Å². The Kier molecular flexibility index (Phi) is 7.02. The molecule has 0 aromatic heterocycles. The van der Waals surface area contributed by atoms with Gasteiger partial charge in [-0.05, 0) is 17.5 Å². The van der Waals surface area contributed by atoms with E-state index in [1.54, 1.807) is 6.07 Å². The van der Waals surface area contributed by atoms with Gasteiger partial charge in [0.15, 0.2) is 0 Å². The van der Waals surface area contributed by atoms with E-state index in [1.165, 1.54) is 0 Å². The van der Waals surface area contributed by atoms with Gasteiger partial charge in [-0.3, -0.25) is 0 Å². The molecule has 0 saturated heterocycles. The molecular weight excluding hydrogens is 269 g/mol. The molecule has 0 spiro atoms. The van der Waals surface area contributed by atoms with Gasteiger partial charge in [0.2, 0.25) is 0 Å². The quantitative estimate of drug-likeness (QED) is 0.798. The van der Waals surface area contributed by atoms with Gasteiger partial charge >= 0.3 is 0 Å². The minimum absolute atomic E-state index is 0.307. The van der Waals surface area contributed by atoms with Crippen molar-refractivity contribution in [1.82, 2.24) is 5.32 Å². The molecule has 1 unspecified atom stereocenters. The van der Waals surface area contributed by atoms with Crippen LogP contribution in [0.1, 0.15) is 32.3 Å². The lowest BCUT2D eigenvalue weighted by Gasteiger charge is -2.20. The Morgan fingerprint density at radius 2 is 1.89 bits per heavy atom. The van der Waals surface area contributed by atoms with E-state index in [9.17, 15) is 5.11 Å². The summed E-state index contributed by atoms with van der Waals surface area (Å²) in [6.07, 6.45) is 1.69. The fourth-order valence-electron chi connectivity index (χ4n) is 2.04. The molecule has 2 nitrogen and oxygen atoms in total. The predicted molar refractivity (Wildman–Crippen MR) is 78.2 cm³/mol. The Balaban J connectivity index is 2.44. The third-order valence-electron chi connectivity index (χ3n) is 3.29. The van der Waals surface area contributed by atoms with Crippen molar-refractivity contribution < 1.29 is 5.11 Å². The first-order valence-electron chi connectivity index (χ1n) is 6.41. The zero-order valence-electron chi connectivity index (χ0n) is 10.9. The molecule has 1 aromatic carbocycles. The average molecular weight is 290 g/mol. The molecular formula is C14H21Cl2NO. The van der Waals surface area contributed by atoms with Crippen LogP contribution in [0.15, 0.2) is 18.2 Å². The maximum atomic E-state index is 9.99. The van der Waals surface area contributed by atoms with Gasteiger partial charge < -0.3 is 10.4 Å². The zero-order valence-corrected chi connectivity index (χ0v) is 12.4. The van der Waals surface area contributed by atoms with Crippen LogP contribution in [-0.4, -0.2) is 17.8 Å². The molecule has 0 bridgehead atoms. The third kappa shape index (κ3) is 4.43. The molecule has 0 aliphatic carbocycles. The highest BCUT2D eigenvalue weighted by molar-refractivity contribution is 6.42. The summed E-state index contributed by atoms with van der Waals surface area (Å²) in [4.78, 5) is 0. The van der Waals surface area contributed by atoms with Crippen LogP contribution < -0.4 is 5.32 Å². The maximum Gasteiger partial charge on any atom is 0.0692 e. The Morgan fingerprint density at radius 3 is 2.50 bits per heavy atom. The molecule has 0 saturated carbocycles. The summed E-state index contributed by atoms with van der Waals surface area (Å²) in [7, 11) is 0. The fourth-order valence-corrected chi connectivity index (χ4v) is 2.43. The predicted octanol–water partition coefficient (Wildman–Crippen LogP) is 3.88. The van der Waals surface area contributed by atoms with Crippen molar-refractivity contribution in [2.45, 2.75) is 39.3 Å². The molecule has 102 valence electrons. The van der Waals surface area contributed by atoms with Crippen LogP contribution in [0.25, 0.3) is 0 Å². The van der Waals surface area contributed by atoms with Gasteiger partial charge in [-0.25, -0.2) is 0 Å². The maximum absolute atomic E-state index is 9.99. The summed E-state index contributed by atoms with van der Waals surface area (Å²) in [6.45, 7) is 5.40. The second-order valence-corrected chi connectivity index (χ2v) is 5.27. The summed E-state index contributed by atoms with van der Waals surface area (Å²) in [5.74, 6) is 0.354. The van der Waals surface area contributed by atoms with E-state index in [0.717, 1.165) is 18.4 Å². The summed E-state index contributed by atoms with van der Waals surface area (Å²) < 4.78 is 0. The standard InChI is InChI=1S/C14H21Cl2NO/c1-3-10(4-2)13(18)9-17-8-11-6-5-7-12(15)14(11)16/h5-7,10,13,17-18H,3-4,8-9H2,1-2H3. The van der Waals surface area contributed by atoms with E-state index in [4.69, 9.17) is 23.2 Å². The van der Waals surface area contributed by atoms with Crippen LogP contribution in [0, 0.1) is 5.92 Å². The second kappa shape index (κ2) is 8.00. The number of aliphatic hydroxyl groups excluding tert-OH is 1. The second-order valence-electron chi connectivity index (χ2n) is 4.49. The summed E-state index contributed by atoms with van der Waals surface area (Å²) >= 11 is 12.0. The number of aliphatic hydroxyl groups is 1. The first-order chi connectivity index (χ1) is 8.60. The van der Waals surface area contributed by atoms with E-state index in [-0.39, 0.29) is 6.10 Å². The van der Waals surface area contributed by atoms with Crippen molar-refractivity contribution in [3.63, 3.8) is 0 Å². The highest BCUT2D eigenvalue weighted by Crippen LogP contribution is 2.25. The summed E-state index contributed by atoms with van der Waals surface area (Å²) in [5, 5.41) is 14.4. The first kappa shape index (κ1) is 15.8. The van der Waals surface area contributed by atoms with Gasteiger partial charge in [0.25, 0.3) is 0 Å². The molecule has 0 aliphatic heterocycles. The van der Waals surface area contributed by atoms with Crippen LogP contribution in [0.2, 0.25) is 10.0 Å². The van der Waals surface area contributed by atoms with Crippen LogP contribution in [0.3, 0.4) is 0 Å². The van der Waals surface area contributed by atoms with Crippen molar-refractivity contribution in [2.75, 3.05) is 6.54 Å². The molecule has 0 aliphatic rings. The molecule has 1 aromatic rings. The van der Waals surface area contributed by atoms with Crippen molar-refractivity contribution in [2.24, 2.45) is 5.92 Å². The van der Waals surface area contributed by atoms with Crippen LogP contribution >= 0.6 is 23.2 Å². The molecule has 2 N–H and O–H groups in total. The van der Waals surface area contributed by atoms with Gasteiger partial charge in [0.1, 0.15) is 0 Å². The zero-order chi connectivity index (χ0) is 13.5. The molecule has 4 heteroatoms. The lowest BCUT2D eigenvalue weighted by atomic mass is 9.96. The van der Waals surface area contributed by atoms with E-state index in [2.05, 4.69) is 19.2 Å². The van der Waals surface area contributed by atoms with E-state index < -0.39 is 0 Å². The first-order valence-corrected chi connectivity index (χ1v) is 7.17. The fraction of sp³-hybridized carbons (Fsp3) is 0.571. The highest BCUT2D eigenvalue weighted by Gasteiger charge is 2.14. The lowest BCUT2D eigenvalue weighted by molar-refractivity contribution is 0.101. The lowest BCUT2D eigenvalue weighted by Crippen LogP contribution is -2.32. The van der Waals surface area contributed by atoms with E-state index in [1.807, 2.05) is 12.1 Å². The molecule has 0 fully saturated rings. The highest BCUT2D eigenvalue weighted by atomic mass is 35.5. The SMILES string of the molecule is CCC(CC)C(O)CNCc1cccc(Cl)c1Cl. The van der Waals surface area contributed by atoms with Crippen LogP contribution in [-0.2, 0) is 6.54 Å². The van der Waals surface area contributed by atoms with Crippen LogP contribution in [0.4, 0.5) is 0 Å². The van der Waals surface area contributed by atoms with Crippen LogP contribution in [0.5, 0.6) is 0 Å². The summed E-state index contributed by atoms with van der Waals surface area (Å²) in [5.41, 5.74) is 0.959. The van der Waals surface area contributed by atoms with Crippen molar-refractivity contribution in [1.29, 1.82) is 0 Å². The molecule has 0 radical (unpaired) electrons. The minimum Gasteiger partial charge on any atom is -0.392 e. The number of nitrogens with one attached hydrogen (secondary N) is 1. The van der Waals surface area contributed by atoms with Crippen molar-refractivity contribution >= 4 is 23.2 Å². The Hall–Kier alpha value is -0.280. The van der Waals surface area contributed by atoms with Gasteiger partial charge in [0, 0.05) is 13.1 Å². The number of halogens is 2. The molecule has 0 amide bonds. The minimum atomic E-state index is -0.307. The third-order valence-corrected chi connectivity index (χ3v) is 4.15. The summed E-state index contributed by atoms with van der Waals surface area (Å²) in [6, 6.07) is 5.58. The molecule has 1 atom stereocenters. The Morgan fingerprint density at radius 1 is 1.22 bits per heavy atom. The normalized spacial score (nSPS) is 13.0. The van der Waals surface area contributed by atoms with Gasteiger partial charge in [-0.15, -0.1) is 0 Å². The van der Waals surface area contributed by atoms with Gasteiger partial charge in [-0.2, -0.15) is 0 Å². The molecule has 18 heavy (non-hydrogen) atoms. The smallest absolute Gasteiger partial charge is 0.0692 e. The Bertz CT molecular complexity index is 367. The number of hydrogen-bond donors (Lipinski definition) is 2. The number of rotatable bonds is 7. The largest absolute Gasteiger partial charge is 0.392 e. The van der Waals surface area contributed by atoms with Crippen molar-refractivity contribution in [3.05, 3.63) is 33.8 Å². The number of benzene rings is 1. The van der Waals surface area contributed by atoms with E-state index in [0.29, 0.717) is 29.1 Å². The molecule has 1 rings (SSSR count). The van der Waals surface area contributed by atoms with Gasteiger partial charge in [0.05, 0.1) is 16.1 Å². The van der Waals surface area contributed by atoms with Gasteiger partial charge in [-0.1, -0.05) is 62.0 Å². The average Bonchev–Trinajstić information content (AvgIpc) is 2.36. The van der Waals surface area contributed by atoms with Crippen molar-refractivity contribution in [3.8, 4) is 0 Å².